The van der Waals surface area contributed by atoms with Crippen LogP contribution in [0.1, 0.15) is 34.5 Å². The number of Topliss-reactive ketones (excluding diaryl/α,β-unsaturated/α-hetero) is 1. The number of nitrogens with zero attached hydrogens (tertiary/aromatic N) is 4. The minimum atomic E-state index is -0.513. The average molecular weight is 422 g/mol. The molecule has 164 valence electrons. The largest absolute Gasteiger partial charge is 0.388 e. The average Bonchev–Trinajstić information content (AvgIpc) is 3.06. The normalized spacial score (nSPS) is 15.0. The van der Waals surface area contributed by atoms with Crippen LogP contribution in [0, 0.1) is 12.8 Å². The Morgan fingerprint density at radius 2 is 1.90 bits per heavy atom. The number of hydrogen-bond acceptors (Lipinski definition) is 6. The lowest BCUT2D eigenvalue weighted by atomic mass is 9.97. The van der Waals surface area contributed by atoms with E-state index < -0.39 is 6.61 Å². The lowest BCUT2D eigenvalue weighted by Crippen LogP contribution is -2.38. The summed E-state index contributed by atoms with van der Waals surface area (Å²) in [6.45, 7) is 5.55. The van der Waals surface area contributed by atoms with Crippen LogP contribution in [-0.2, 0) is 13.5 Å². The van der Waals surface area contributed by atoms with E-state index in [0.717, 1.165) is 45.4 Å². The molecule has 2 N–H and O–H groups in total. The van der Waals surface area contributed by atoms with Crippen LogP contribution in [0.4, 0.5) is 5.95 Å². The molecule has 3 heterocycles. The maximum atomic E-state index is 11.5. The van der Waals surface area contributed by atoms with Crippen molar-refractivity contribution in [2.45, 2.75) is 26.2 Å². The Kier molecular flexibility index (Phi) is 6.63. The van der Waals surface area contributed by atoms with E-state index in [1.54, 1.807) is 0 Å². The van der Waals surface area contributed by atoms with E-state index in [2.05, 4.69) is 63.0 Å². The van der Waals surface area contributed by atoms with Gasteiger partial charge in [-0.3, -0.25) is 4.79 Å². The number of hydrogen-bond donors (Lipinski definition) is 2. The molecule has 1 aromatic carbocycles. The Morgan fingerprint density at radius 3 is 2.61 bits per heavy atom. The zero-order chi connectivity index (χ0) is 21.8. The summed E-state index contributed by atoms with van der Waals surface area (Å²) in [5, 5.41) is 14.0. The second kappa shape index (κ2) is 9.58. The van der Waals surface area contributed by atoms with Crippen molar-refractivity contribution in [3.63, 3.8) is 0 Å². The minimum Gasteiger partial charge on any atom is -0.388 e. The van der Waals surface area contributed by atoms with E-state index in [4.69, 9.17) is 5.11 Å². The third-order valence-corrected chi connectivity index (χ3v) is 6.52. The fraction of sp³-hybridized carbons (Fsp3) is 0.458. The van der Waals surface area contributed by atoms with E-state index in [9.17, 15) is 4.79 Å². The number of benzene rings is 1. The van der Waals surface area contributed by atoms with E-state index >= 15 is 0 Å². The number of fused-ring (bicyclic) bond motifs is 1. The van der Waals surface area contributed by atoms with E-state index in [-0.39, 0.29) is 5.78 Å². The number of aryl methyl sites for hydroxylation is 1. The molecule has 0 radical (unpaired) electrons. The standard InChI is InChI=1S/C24H31N5O2/c1-17-20(21-5-3-4-6-22(21)28(17)2)7-10-25-13-18-8-11-29(12-9-18)24-26-14-19(15-27-24)23(31)16-30/h3-6,14-15,18,25,30H,7-13,16H2,1-2H3. The molecule has 7 nitrogen and oxygen atoms in total. The van der Waals surface area contributed by atoms with Gasteiger partial charge in [0.05, 0.1) is 5.56 Å². The van der Waals surface area contributed by atoms with Crippen molar-refractivity contribution in [1.29, 1.82) is 0 Å². The van der Waals surface area contributed by atoms with Crippen molar-refractivity contribution in [2.24, 2.45) is 13.0 Å². The van der Waals surface area contributed by atoms with Crippen molar-refractivity contribution in [2.75, 3.05) is 37.7 Å². The molecule has 1 aliphatic rings. The van der Waals surface area contributed by atoms with E-state index in [1.807, 2.05) is 0 Å². The predicted molar refractivity (Wildman–Crippen MR) is 123 cm³/mol. The van der Waals surface area contributed by atoms with Gasteiger partial charge in [0.1, 0.15) is 6.61 Å². The number of carbonyl (C=O) groups is 1. The maximum absolute atomic E-state index is 11.5. The molecule has 0 atom stereocenters. The Labute approximate surface area is 183 Å². The van der Waals surface area contributed by atoms with Crippen molar-refractivity contribution in [3.05, 3.63) is 53.5 Å². The maximum Gasteiger partial charge on any atom is 0.225 e. The third-order valence-electron chi connectivity index (χ3n) is 6.52. The van der Waals surface area contributed by atoms with Crippen LogP contribution in [-0.4, -0.2) is 58.2 Å². The van der Waals surface area contributed by atoms with Crippen molar-refractivity contribution in [3.8, 4) is 0 Å². The zero-order valence-corrected chi connectivity index (χ0v) is 18.3. The van der Waals surface area contributed by atoms with Crippen LogP contribution in [0.15, 0.2) is 36.7 Å². The Balaban J connectivity index is 1.23. The number of aliphatic hydroxyl groups excluding tert-OH is 1. The smallest absolute Gasteiger partial charge is 0.225 e. The monoisotopic (exact) mass is 421 g/mol. The van der Waals surface area contributed by atoms with Crippen molar-refractivity contribution >= 4 is 22.6 Å². The first kappa shape index (κ1) is 21.5. The zero-order valence-electron chi connectivity index (χ0n) is 18.3. The van der Waals surface area contributed by atoms with Gasteiger partial charge in [-0.05, 0) is 56.8 Å². The number of anilines is 1. The SMILES string of the molecule is Cc1c(CCNCC2CCN(c3ncc(C(=O)CO)cn3)CC2)c2ccccc2n1C. The lowest BCUT2D eigenvalue weighted by Gasteiger charge is -2.32. The molecule has 0 unspecified atom stereocenters. The molecule has 1 saturated heterocycles. The van der Waals surface area contributed by atoms with Crippen LogP contribution in [0.5, 0.6) is 0 Å². The first-order chi connectivity index (χ1) is 15.1. The lowest BCUT2D eigenvalue weighted by molar-refractivity contribution is 0.0903. The molecule has 0 spiro atoms. The molecule has 2 aromatic heterocycles. The summed E-state index contributed by atoms with van der Waals surface area (Å²) in [5.74, 6) is 0.961. The quantitative estimate of drug-likeness (QED) is 0.430. The molecule has 3 aromatic rings. The number of aromatic nitrogens is 3. The van der Waals surface area contributed by atoms with Gasteiger partial charge in [-0.1, -0.05) is 18.2 Å². The van der Waals surface area contributed by atoms with Gasteiger partial charge in [0.2, 0.25) is 5.95 Å². The van der Waals surface area contributed by atoms with Gasteiger partial charge in [-0.15, -0.1) is 0 Å². The van der Waals surface area contributed by atoms with Gasteiger partial charge in [-0.2, -0.15) is 0 Å². The summed E-state index contributed by atoms with van der Waals surface area (Å²) in [6, 6.07) is 8.63. The predicted octanol–water partition coefficient (Wildman–Crippen LogP) is 2.50. The van der Waals surface area contributed by atoms with Gasteiger partial charge in [0, 0.05) is 49.1 Å². The summed E-state index contributed by atoms with van der Waals surface area (Å²) >= 11 is 0. The first-order valence-corrected chi connectivity index (χ1v) is 11.0. The molecular formula is C24H31N5O2. The van der Waals surface area contributed by atoms with Crippen LogP contribution in [0.3, 0.4) is 0 Å². The van der Waals surface area contributed by atoms with Gasteiger partial charge < -0.3 is 19.9 Å². The second-order valence-corrected chi connectivity index (χ2v) is 8.38. The fourth-order valence-electron chi connectivity index (χ4n) is 4.49. The van der Waals surface area contributed by atoms with Crippen LogP contribution in [0.2, 0.25) is 0 Å². The summed E-state index contributed by atoms with van der Waals surface area (Å²) in [5.41, 5.74) is 4.45. The molecule has 1 aliphatic heterocycles. The minimum absolute atomic E-state index is 0.352. The molecule has 4 rings (SSSR count). The Morgan fingerprint density at radius 1 is 1.19 bits per heavy atom. The molecule has 0 aliphatic carbocycles. The number of rotatable bonds is 8. The van der Waals surface area contributed by atoms with Gasteiger partial charge in [0.15, 0.2) is 5.78 Å². The van der Waals surface area contributed by atoms with Crippen LogP contribution >= 0.6 is 0 Å². The van der Waals surface area contributed by atoms with Crippen LogP contribution < -0.4 is 10.2 Å². The second-order valence-electron chi connectivity index (χ2n) is 8.38. The molecule has 7 heteroatoms. The van der Waals surface area contributed by atoms with Crippen molar-refractivity contribution in [1.82, 2.24) is 19.9 Å². The number of para-hydroxylation sites is 1. The number of piperidine rings is 1. The molecular weight excluding hydrogens is 390 g/mol. The number of aliphatic hydroxyl groups is 1. The summed E-state index contributed by atoms with van der Waals surface area (Å²) in [6.07, 6.45) is 6.24. The summed E-state index contributed by atoms with van der Waals surface area (Å²) < 4.78 is 2.29. The highest BCUT2D eigenvalue weighted by Crippen LogP contribution is 2.25. The number of carbonyl (C=O) groups excluding carboxylic acids is 1. The molecule has 1 fully saturated rings. The molecule has 31 heavy (non-hydrogen) atoms. The van der Waals surface area contributed by atoms with Gasteiger partial charge in [-0.25, -0.2) is 9.97 Å². The third kappa shape index (κ3) is 4.62. The highest BCUT2D eigenvalue weighted by molar-refractivity contribution is 5.96. The van der Waals surface area contributed by atoms with Crippen LogP contribution in [0.25, 0.3) is 10.9 Å². The number of ketones is 1. The van der Waals surface area contributed by atoms with Crippen molar-refractivity contribution < 1.29 is 9.90 Å². The highest BCUT2D eigenvalue weighted by Gasteiger charge is 2.21. The summed E-state index contributed by atoms with van der Waals surface area (Å²) in [4.78, 5) is 22.3. The molecule has 0 saturated carbocycles. The highest BCUT2D eigenvalue weighted by atomic mass is 16.3. The first-order valence-electron chi connectivity index (χ1n) is 11.0. The fourth-order valence-corrected chi connectivity index (χ4v) is 4.49. The van der Waals surface area contributed by atoms with Gasteiger partial charge in [0.25, 0.3) is 0 Å². The molecule has 0 amide bonds. The topological polar surface area (TPSA) is 83.3 Å². The Bertz CT molecular complexity index is 1040. The number of nitrogens with one attached hydrogen (secondary N) is 1. The van der Waals surface area contributed by atoms with E-state index in [1.165, 1.54) is 34.6 Å². The van der Waals surface area contributed by atoms with Gasteiger partial charge >= 0.3 is 0 Å². The summed E-state index contributed by atoms with van der Waals surface area (Å²) in [7, 11) is 2.14. The molecule has 0 bridgehead atoms. The Hall–Kier alpha value is -2.77. The van der Waals surface area contributed by atoms with E-state index in [0.29, 0.717) is 17.4 Å².